The van der Waals surface area contributed by atoms with Crippen molar-refractivity contribution in [2.24, 2.45) is 0 Å². The van der Waals surface area contributed by atoms with Crippen LogP contribution in [0.25, 0.3) is 17.1 Å². The van der Waals surface area contributed by atoms with Gasteiger partial charge in [-0.3, -0.25) is 4.79 Å². The molecule has 3 aromatic rings. The fourth-order valence-electron chi connectivity index (χ4n) is 4.54. The maximum Gasteiger partial charge on any atom is 0.416 e. The first kappa shape index (κ1) is 25.6. The molecule has 0 bridgehead atoms. The number of rotatable bonds is 7. The van der Waals surface area contributed by atoms with Gasteiger partial charge in [-0.15, -0.1) is 0 Å². The highest BCUT2D eigenvalue weighted by molar-refractivity contribution is 5.92. The molecule has 0 atom stereocenters. The van der Waals surface area contributed by atoms with Gasteiger partial charge in [0.25, 0.3) is 0 Å². The number of likely N-dealkylation sites (tertiary alicyclic amines) is 1. The van der Waals surface area contributed by atoms with Gasteiger partial charge in [0, 0.05) is 32.3 Å². The van der Waals surface area contributed by atoms with Gasteiger partial charge in [0.1, 0.15) is 12.4 Å². The Labute approximate surface area is 207 Å². The number of benzene rings is 2. The minimum Gasteiger partial charge on any atom is -0.493 e. The lowest BCUT2D eigenvalue weighted by Gasteiger charge is -2.33. The van der Waals surface area contributed by atoms with Crippen LogP contribution in [0.3, 0.4) is 0 Å². The largest absolute Gasteiger partial charge is 0.493 e. The van der Waals surface area contributed by atoms with Crippen molar-refractivity contribution in [2.45, 2.75) is 31.7 Å². The van der Waals surface area contributed by atoms with Crippen LogP contribution in [0, 0.1) is 0 Å². The van der Waals surface area contributed by atoms with E-state index in [2.05, 4.69) is 4.98 Å². The molecule has 1 aromatic heterocycles. The normalized spacial score (nSPS) is 15.1. The van der Waals surface area contributed by atoms with Crippen molar-refractivity contribution < 1.29 is 32.2 Å². The summed E-state index contributed by atoms with van der Waals surface area (Å²) in [6.45, 7) is 1.22. The fourth-order valence-corrected chi connectivity index (χ4v) is 4.54. The Hall–Kier alpha value is -3.53. The Morgan fingerprint density at radius 1 is 1.06 bits per heavy atom. The molecule has 10 heteroatoms. The van der Waals surface area contributed by atoms with E-state index in [9.17, 15) is 18.0 Å². The highest BCUT2D eigenvalue weighted by atomic mass is 19.4. The Kier molecular flexibility index (Phi) is 7.53. The first-order valence-electron chi connectivity index (χ1n) is 11.5. The van der Waals surface area contributed by atoms with E-state index in [-0.39, 0.29) is 24.1 Å². The van der Waals surface area contributed by atoms with Gasteiger partial charge in [-0.2, -0.15) is 13.2 Å². The zero-order valence-corrected chi connectivity index (χ0v) is 20.3. The van der Waals surface area contributed by atoms with Gasteiger partial charge in [0.05, 0.1) is 30.8 Å². The number of methoxy groups -OCH3 is 3. The van der Waals surface area contributed by atoms with Crippen LogP contribution in [0.15, 0.2) is 42.5 Å². The molecule has 0 spiro atoms. The smallest absolute Gasteiger partial charge is 0.416 e. The number of carbonyl (C=O) groups excluding carboxylic acids is 1. The molecular formula is C26H28F3N3O4. The number of hydrogen-bond donors (Lipinski definition) is 0. The monoisotopic (exact) mass is 503 g/mol. The molecule has 4 rings (SSSR count). The second kappa shape index (κ2) is 10.6. The second-order valence-corrected chi connectivity index (χ2v) is 8.54. The van der Waals surface area contributed by atoms with Crippen molar-refractivity contribution in [3.8, 4) is 11.5 Å². The average Bonchev–Trinajstić information content (AvgIpc) is 3.24. The average molecular weight is 504 g/mol. The molecule has 7 nitrogen and oxygen atoms in total. The van der Waals surface area contributed by atoms with E-state index in [0.29, 0.717) is 48.8 Å². The van der Waals surface area contributed by atoms with Crippen LogP contribution >= 0.6 is 0 Å². The van der Waals surface area contributed by atoms with E-state index < -0.39 is 11.7 Å². The van der Waals surface area contributed by atoms with Crippen LogP contribution in [-0.2, 0) is 22.3 Å². The number of ether oxygens (including phenoxy) is 3. The van der Waals surface area contributed by atoms with Gasteiger partial charge in [-0.25, -0.2) is 4.98 Å². The van der Waals surface area contributed by atoms with Crippen LogP contribution in [-0.4, -0.2) is 54.8 Å². The first-order valence-corrected chi connectivity index (χ1v) is 11.5. The third-order valence-corrected chi connectivity index (χ3v) is 6.33. The number of aromatic nitrogens is 2. The molecule has 1 aliphatic heterocycles. The highest BCUT2D eigenvalue weighted by Crippen LogP contribution is 2.34. The molecule has 36 heavy (non-hydrogen) atoms. The van der Waals surface area contributed by atoms with Crippen LogP contribution < -0.4 is 9.47 Å². The molecule has 0 aliphatic carbocycles. The molecule has 192 valence electrons. The van der Waals surface area contributed by atoms with Crippen molar-refractivity contribution in [2.75, 3.05) is 34.4 Å². The predicted molar refractivity (Wildman–Crippen MR) is 129 cm³/mol. The van der Waals surface area contributed by atoms with E-state index in [0.717, 1.165) is 17.7 Å². The summed E-state index contributed by atoms with van der Waals surface area (Å²) in [5, 5.41) is 0. The third kappa shape index (κ3) is 5.33. The summed E-state index contributed by atoms with van der Waals surface area (Å²) < 4.78 is 57.3. The van der Waals surface area contributed by atoms with E-state index in [1.54, 1.807) is 37.3 Å². The lowest BCUT2D eigenvalue weighted by Crippen LogP contribution is -2.38. The van der Waals surface area contributed by atoms with Crippen molar-refractivity contribution in [3.05, 3.63) is 59.4 Å². The Bertz CT molecular complexity index is 1260. The molecule has 0 unspecified atom stereocenters. The van der Waals surface area contributed by atoms with Crippen molar-refractivity contribution in [1.82, 2.24) is 14.5 Å². The first-order chi connectivity index (χ1) is 17.2. The Morgan fingerprint density at radius 2 is 1.78 bits per heavy atom. The lowest BCUT2D eigenvalue weighted by molar-refractivity contribution is -0.137. The van der Waals surface area contributed by atoms with Crippen molar-refractivity contribution >= 4 is 23.0 Å². The van der Waals surface area contributed by atoms with Crippen LogP contribution in [0.2, 0.25) is 0 Å². The molecule has 2 heterocycles. The van der Waals surface area contributed by atoms with Gasteiger partial charge in [0.2, 0.25) is 5.91 Å². The number of amides is 1. The summed E-state index contributed by atoms with van der Waals surface area (Å²) >= 11 is 0. The summed E-state index contributed by atoms with van der Waals surface area (Å²) in [5.74, 6) is 1.66. The minimum atomic E-state index is -4.43. The molecular weight excluding hydrogens is 475 g/mol. The van der Waals surface area contributed by atoms with Crippen LogP contribution in [0.4, 0.5) is 13.2 Å². The number of halogens is 3. The van der Waals surface area contributed by atoms with Gasteiger partial charge >= 0.3 is 6.18 Å². The molecule has 1 saturated heterocycles. The quantitative estimate of drug-likeness (QED) is 0.420. The summed E-state index contributed by atoms with van der Waals surface area (Å²) in [6, 6.07) is 9.02. The zero-order chi connectivity index (χ0) is 25.9. The molecule has 1 aliphatic rings. The van der Waals surface area contributed by atoms with Crippen LogP contribution in [0.5, 0.6) is 11.5 Å². The number of nitrogens with zero attached hydrogens (tertiary/aromatic N) is 3. The number of hydrogen-bond acceptors (Lipinski definition) is 5. The lowest BCUT2D eigenvalue weighted by atomic mass is 10.0. The highest BCUT2D eigenvalue weighted by Gasteiger charge is 2.32. The van der Waals surface area contributed by atoms with Crippen molar-refractivity contribution in [3.63, 3.8) is 0 Å². The molecule has 2 aromatic carbocycles. The minimum absolute atomic E-state index is 0.00392. The summed E-state index contributed by atoms with van der Waals surface area (Å²) in [6.07, 6.45) is 0.131. The molecule has 0 radical (unpaired) electrons. The standard InChI is InChI=1S/C26H28F3N3O4/c1-34-16-24-30-20-15-18(26(27,28)29)6-7-21(20)32(24)19-10-12-31(13-11-19)25(33)9-5-17-4-8-22(35-2)23(14-17)36-3/h4-9,14-15,19H,10-13,16H2,1-3H3/b9-5+. The molecule has 1 amide bonds. The summed E-state index contributed by atoms with van der Waals surface area (Å²) in [5.41, 5.74) is 0.995. The van der Waals surface area contributed by atoms with Crippen LogP contribution in [0.1, 0.15) is 35.8 Å². The second-order valence-electron chi connectivity index (χ2n) is 8.54. The third-order valence-electron chi connectivity index (χ3n) is 6.33. The number of alkyl halides is 3. The van der Waals surface area contributed by atoms with Crippen molar-refractivity contribution in [1.29, 1.82) is 0 Å². The maximum absolute atomic E-state index is 13.2. The number of fused-ring (bicyclic) bond motifs is 1. The molecule has 1 fully saturated rings. The van der Waals surface area contributed by atoms with E-state index in [4.69, 9.17) is 14.2 Å². The summed E-state index contributed by atoms with van der Waals surface area (Å²) in [4.78, 5) is 19.0. The number of imidazole rings is 1. The van der Waals surface area contributed by atoms with E-state index >= 15 is 0 Å². The Morgan fingerprint density at radius 3 is 2.42 bits per heavy atom. The Balaban J connectivity index is 1.47. The number of carbonyl (C=O) groups is 1. The van der Waals surface area contributed by atoms with Gasteiger partial charge in [0.15, 0.2) is 11.5 Å². The number of piperidine rings is 1. The van der Waals surface area contributed by atoms with E-state index in [1.165, 1.54) is 19.3 Å². The van der Waals surface area contributed by atoms with Gasteiger partial charge < -0.3 is 23.7 Å². The SMILES string of the molecule is COCc1nc2cc(C(F)(F)F)ccc2n1C1CCN(C(=O)/C=C/c2ccc(OC)c(OC)c2)CC1. The van der Waals surface area contributed by atoms with E-state index in [1.807, 2.05) is 10.6 Å². The summed E-state index contributed by atoms with van der Waals surface area (Å²) in [7, 11) is 4.64. The van der Waals surface area contributed by atoms with Gasteiger partial charge in [-0.1, -0.05) is 6.07 Å². The topological polar surface area (TPSA) is 65.8 Å². The maximum atomic E-state index is 13.2. The predicted octanol–water partition coefficient (Wildman–Crippen LogP) is 5.10. The zero-order valence-electron chi connectivity index (χ0n) is 20.3. The fraction of sp³-hybridized carbons (Fsp3) is 0.385. The van der Waals surface area contributed by atoms with Gasteiger partial charge in [-0.05, 0) is 54.8 Å². The molecule has 0 saturated carbocycles. The molecule has 0 N–H and O–H groups in total.